The Bertz CT molecular complexity index is 366. The fourth-order valence-electron chi connectivity index (χ4n) is 3.12. The van der Waals surface area contributed by atoms with E-state index in [2.05, 4.69) is 29.0 Å². The second-order valence-corrected chi connectivity index (χ2v) is 6.58. The van der Waals surface area contributed by atoms with Gasteiger partial charge in [0, 0.05) is 39.3 Å². The highest BCUT2D eigenvalue weighted by Gasteiger charge is 2.37. The van der Waals surface area contributed by atoms with Gasteiger partial charge in [0.25, 0.3) is 0 Å². The zero-order valence-corrected chi connectivity index (χ0v) is 13.4. The van der Waals surface area contributed by atoms with Crippen molar-refractivity contribution in [1.29, 1.82) is 0 Å². The first-order valence-corrected chi connectivity index (χ1v) is 7.99. The molecule has 0 spiro atoms. The molecule has 0 atom stereocenters. The monoisotopic (exact) mass is 295 g/mol. The molecule has 120 valence electrons. The molecular weight excluding hydrogens is 266 g/mol. The Morgan fingerprint density at radius 1 is 1.38 bits per heavy atom. The number of hydrogen-bond donors (Lipinski definition) is 2. The molecule has 1 aliphatic heterocycles. The average molecular weight is 295 g/mol. The largest absolute Gasteiger partial charge is 0.376 e. The van der Waals surface area contributed by atoms with Crippen LogP contribution in [0.5, 0.6) is 0 Å². The van der Waals surface area contributed by atoms with E-state index in [4.69, 9.17) is 4.74 Å². The van der Waals surface area contributed by atoms with Gasteiger partial charge in [-0.2, -0.15) is 0 Å². The van der Waals surface area contributed by atoms with Gasteiger partial charge in [0.1, 0.15) is 0 Å². The number of amides is 2. The number of hydrogen-bond acceptors (Lipinski definition) is 3. The lowest BCUT2D eigenvalue weighted by Gasteiger charge is -2.40. The van der Waals surface area contributed by atoms with Crippen molar-refractivity contribution >= 4 is 6.03 Å². The summed E-state index contributed by atoms with van der Waals surface area (Å²) in [6.07, 6.45) is 5.30. The lowest BCUT2D eigenvalue weighted by atomic mass is 9.80. The lowest BCUT2D eigenvalue weighted by Crippen LogP contribution is -2.53. The fourth-order valence-corrected chi connectivity index (χ4v) is 3.12. The highest BCUT2D eigenvalue weighted by Crippen LogP contribution is 2.34. The summed E-state index contributed by atoms with van der Waals surface area (Å²) in [6, 6.07) is 0.225. The van der Waals surface area contributed by atoms with Crippen LogP contribution in [0, 0.1) is 0 Å². The van der Waals surface area contributed by atoms with Gasteiger partial charge in [0.2, 0.25) is 0 Å². The van der Waals surface area contributed by atoms with E-state index in [1.54, 1.807) is 7.11 Å². The van der Waals surface area contributed by atoms with Gasteiger partial charge in [-0.1, -0.05) is 12.2 Å². The van der Waals surface area contributed by atoms with Crippen molar-refractivity contribution in [3.8, 4) is 0 Å². The molecule has 0 unspecified atom stereocenters. The molecule has 0 aromatic carbocycles. The molecule has 1 saturated heterocycles. The Labute approximate surface area is 128 Å². The fraction of sp³-hybridized carbons (Fsp3) is 0.812. The number of likely N-dealkylation sites (tertiary alicyclic amines) is 1. The van der Waals surface area contributed by atoms with Crippen LogP contribution in [0.15, 0.2) is 12.2 Å². The quantitative estimate of drug-likeness (QED) is 0.736. The maximum Gasteiger partial charge on any atom is 0.315 e. The Kier molecular flexibility index (Phi) is 5.65. The number of methoxy groups -OCH3 is 1. The normalized spacial score (nSPS) is 22.4. The highest BCUT2D eigenvalue weighted by molar-refractivity contribution is 5.74. The average Bonchev–Trinajstić information content (AvgIpc) is 2.40. The van der Waals surface area contributed by atoms with E-state index in [1.807, 2.05) is 0 Å². The highest BCUT2D eigenvalue weighted by atomic mass is 16.5. The van der Waals surface area contributed by atoms with Crippen LogP contribution >= 0.6 is 0 Å². The standard InChI is InChI=1S/C16H29N3O2/c1-13(2)11-19-9-5-14(6-10-19)18-15(20)17-12-16(21-3)7-4-8-16/h14H,1,4-12H2,2-3H3,(H2,17,18,20). The number of nitrogens with zero attached hydrogens (tertiary/aromatic N) is 1. The van der Waals surface area contributed by atoms with Crippen molar-refractivity contribution in [2.24, 2.45) is 0 Å². The Balaban J connectivity index is 1.64. The maximum atomic E-state index is 12.0. The number of piperidine rings is 1. The van der Waals surface area contributed by atoms with E-state index in [9.17, 15) is 4.79 Å². The predicted octanol–water partition coefficient (Wildman–Crippen LogP) is 1.90. The maximum absolute atomic E-state index is 12.0. The summed E-state index contributed by atoms with van der Waals surface area (Å²) in [4.78, 5) is 14.4. The van der Waals surface area contributed by atoms with Crippen LogP contribution in [0.1, 0.15) is 39.0 Å². The zero-order chi connectivity index (χ0) is 15.3. The van der Waals surface area contributed by atoms with Crippen molar-refractivity contribution in [2.45, 2.75) is 50.7 Å². The molecule has 2 rings (SSSR count). The molecule has 0 aromatic rings. The molecule has 2 aliphatic rings. The summed E-state index contributed by atoms with van der Waals surface area (Å²) < 4.78 is 5.51. The zero-order valence-electron chi connectivity index (χ0n) is 13.4. The summed E-state index contributed by atoms with van der Waals surface area (Å²) in [5.41, 5.74) is 1.09. The molecule has 1 saturated carbocycles. The molecule has 2 amide bonds. The van der Waals surface area contributed by atoms with E-state index in [0.29, 0.717) is 6.54 Å². The van der Waals surface area contributed by atoms with Gasteiger partial charge in [-0.05, 0) is 39.0 Å². The summed E-state index contributed by atoms with van der Waals surface area (Å²) in [5.74, 6) is 0. The van der Waals surface area contributed by atoms with Crippen LogP contribution in [0.2, 0.25) is 0 Å². The summed E-state index contributed by atoms with van der Waals surface area (Å²) in [5, 5.41) is 6.05. The molecule has 5 nitrogen and oxygen atoms in total. The third-order valence-electron chi connectivity index (χ3n) is 4.69. The van der Waals surface area contributed by atoms with Crippen LogP contribution in [0.3, 0.4) is 0 Å². The third kappa shape index (κ3) is 4.71. The molecule has 21 heavy (non-hydrogen) atoms. The predicted molar refractivity (Wildman–Crippen MR) is 84.4 cm³/mol. The lowest BCUT2D eigenvalue weighted by molar-refractivity contribution is -0.0674. The van der Waals surface area contributed by atoms with Gasteiger partial charge in [0.05, 0.1) is 5.60 Å². The SMILES string of the molecule is C=C(C)CN1CCC(NC(=O)NCC2(OC)CCC2)CC1. The first kappa shape index (κ1) is 16.3. The number of rotatable bonds is 6. The van der Waals surface area contributed by atoms with Gasteiger partial charge in [0.15, 0.2) is 0 Å². The smallest absolute Gasteiger partial charge is 0.315 e. The van der Waals surface area contributed by atoms with Crippen LogP contribution in [-0.2, 0) is 4.74 Å². The van der Waals surface area contributed by atoms with Gasteiger partial charge < -0.3 is 15.4 Å². The van der Waals surface area contributed by atoms with E-state index >= 15 is 0 Å². The Morgan fingerprint density at radius 2 is 2.05 bits per heavy atom. The van der Waals surface area contributed by atoms with Gasteiger partial charge in [-0.25, -0.2) is 4.79 Å². The molecule has 1 heterocycles. The van der Waals surface area contributed by atoms with E-state index < -0.39 is 0 Å². The van der Waals surface area contributed by atoms with Crippen molar-refractivity contribution in [1.82, 2.24) is 15.5 Å². The minimum absolute atomic E-state index is 0.0586. The minimum Gasteiger partial charge on any atom is -0.376 e. The van der Waals surface area contributed by atoms with Crippen molar-refractivity contribution in [2.75, 3.05) is 33.3 Å². The van der Waals surface area contributed by atoms with Gasteiger partial charge in [-0.3, -0.25) is 4.90 Å². The van der Waals surface area contributed by atoms with E-state index in [0.717, 1.165) is 45.3 Å². The summed E-state index contributed by atoms with van der Waals surface area (Å²) in [6.45, 7) is 9.65. The number of carbonyl (C=O) groups excluding carboxylic acids is 1. The number of urea groups is 1. The number of carbonyl (C=O) groups is 1. The minimum atomic E-state index is -0.109. The van der Waals surface area contributed by atoms with Gasteiger partial charge in [-0.15, -0.1) is 0 Å². The van der Waals surface area contributed by atoms with Crippen LogP contribution in [0.4, 0.5) is 4.79 Å². The summed E-state index contributed by atoms with van der Waals surface area (Å²) >= 11 is 0. The molecule has 0 aromatic heterocycles. The first-order valence-electron chi connectivity index (χ1n) is 7.99. The topological polar surface area (TPSA) is 53.6 Å². The first-order chi connectivity index (χ1) is 10.0. The molecule has 2 N–H and O–H groups in total. The van der Waals surface area contributed by atoms with Crippen molar-refractivity contribution in [3.63, 3.8) is 0 Å². The second kappa shape index (κ2) is 7.27. The number of nitrogens with one attached hydrogen (secondary N) is 2. The van der Waals surface area contributed by atoms with Crippen molar-refractivity contribution < 1.29 is 9.53 Å². The van der Waals surface area contributed by atoms with E-state index in [1.165, 1.54) is 12.0 Å². The molecular formula is C16H29N3O2. The molecule has 0 radical (unpaired) electrons. The molecule has 1 aliphatic carbocycles. The van der Waals surface area contributed by atoms with Crippen LogP contribution < -0.4 is 10.6 Å². The summed E-state index contributed by atoms with van der Waals surface area (Å²) in [7, 11) is 1.73. The van der Waals surface area contributed by atoms with Crippen LogP contribution in [-0.4, -0.2) is 55.9 Å². The molecule has 0 bridgehead atoms. The Morgan fingerprint density at radius 3 is 2.52 bits per heavy atom. The molecule has 5 heteroatoms. The molecule has 2 fully saturated rings. The second-order valence-electron chi connectivity index (χ2n) is 6.58. The van der Waals surface area contributed by atoms with Crippen LogP contribution in [0.25, 0.3) is 0 Å². The van der Waals surface area contributed by atoms with Crippen molar-refractivity contribution in [3.05, 3.63) is 12.2 Å². The van der Waals surface area contributed by atoms with Gasteiger partial charge >= 0.3 is 6.03 Å². The Hall–Kier alpha value is -1.07. The number of ether oxygens (including phenoxy) is 1. The third-order valence-corrected chi connectivity index (χ3v) is 4.69. The van der Waals surface area contributed by atoms with E-state index in [-0.39, 0.29) is 17.7 Å².